The van der Waals surface area contributed by atoms with Crippen molar-refractivity contribution in [3.8, 4) is 0 Å². The molecule has 0 aliphatic carbocycles. The van der Waals surface area contributed by atoms with Gasteiger partial charge in [0.25, 0.3) is 0 Å². The summed E-state index contributed by atoms with van der Waals surface area (Å²) in [6.45, 7) is 0.0255. The average Bonchev–Trinajstić information content (AvgIpc) is 2.93. The van der Waals surface area contributed by atoms with Crippen molar-refractivity contribution < 1.29 is 24.2 Å². The number of methoxy groups -OCH3 is 1. The Morgan fingerprint density at radius 3 is 2.89 bits per heavy atom. The van der Waals surface area contributed by atoms with E-state index in [2.05, 4.69) is 14.9 Å². The Kier molecular flexibility index (Phi) is 3.00. The van der Waals surface area contributed by atoms with Gasteiger partial charge in [-0.15, -0.1) is 0 Å². The van der Waals surface area contributed by atoms with Gasteiger partial charge < -0.3 is 14.7 Å². The molecule has 1 amide bonds. The lowest BCUT2D eigenvalue weighted by Gasteiger charge is -2.14. The van der Waals surface area contributed by atoms with Gasteiger partial charge in [-0.2, -0.15) is 5.10 Å². The molecule has 2 N–H and O–H groups in total. The fraction of sp³-hybridized carbons (Fsp3) is 0.400. The number of aromatic nitrogens is 2. The molecule has 1 aliphatic heterocycles. The molecule has 1 aromatic heterocycles. The van der Waals surface area contributed by atoms with Gasteiger partial charge in [0, 0.05) is 13.0 Å². The normalized spacial score (nSPS) is 19.1. The molecule has 1 aliphatic rings. The van der Waals surface area contributed by atoms with E-state index < -0.39 is 17.9 Å². The first kappa shape index (κ1) is 12.1. The molecule has 1 aromatic rings. The van der Waals surface area contributed by atoms with Crippen molar-refractivity contribution >= 4 is 23.5 Å². The first-order valence-corrected chi connectivity index (χ1v) is 5.19. The first-order chi connectivity index (χ1) is 8.54. The zero-order chi connectivity index (χ0) is 13.3. The second kappa shape index (κ2) is 4.47. The van der Waals surface area contributed by atoms with Crippen molar-refractivity contribution in [3.63, 3.8) is 0 Å². The molecule has 2 rings (SSSR count). The lowest BCUT2D eigenvalue weighted by molar-refractivity contribution is -0.141. The second-order valence-electron chi connectivity index (χ2n) is 3.87. The number of amides is 1. The van der Waals surface area contributed by atoms with Crippen molar-refractivity contribution in [2.24, 2.45) is 5.92 Å². The molecular weight excluding hydrogens is 242 g/mol. The van der Waals surface area contributed by atoms with Crippen molar-refractivity contribution in [1.29, 1.82) is 0 Å². The van der Waals surface area contributed by atoms with Crippen LogP contribution < -0.4 is 4.90 Å². The molecule has 0 radical (unpaired) electrons. The standard InChI is InChI=1S/C10H11N3O5/c1-18-10(17)8-6(3-11-12-8)13-4-5(9(15)16)2-7(13)14/h3,5H,2,4H2,1H3,(H,11,12)(H,15,16). The number of carboxylic acid groups (broad SMARTS) is 1. The fourth-order valence-corrected chi connectivity index (χ4v) is 1.84. The Balaban J connectivity index is 2.28. The van der Waals surface area contributed by atoms with Crippen molar-refractivity contribution in [2.45, 2.75) is 6.42 Å². The van der Waals surface area contributed by atoms with Gasteiger partial charge in [-0.25, -0.2) is 4.79 Å². The summed E-state index contributed by atoms with van der Waals surface area (Å²) < 4.78 is 4.54. The largest absolute Gasteiger partial charge is 0.481 e. The van der Waals surface area contributed by atoms with Gasteiger partial charge in [0.1, 0.15) is 0 Å². The van der Waals surface area contributed by atoms with Crippen LogP contribution in [0.25, 0.3) is 0 Å². The molecular formula is C10H11N3O5. The number of esters is 1. The topological polar surface area (TPSA) is 113 Å². The summed E-state index contributed by atoms with van der Waals surface area (Å²) in [6, 6.07) is 0. The third-order valence-corrected chi connectivity index (χ3v) is 2.77. The number of carboxylic acids is 1. The van der Waals surface area contributed by atoms with E-state index >= 15 is 0 Å². The number of hydrogen-bond acceptors (Lipinski definition) is 5. The molecule has 0 saturated carbocycles. The Labute approximate surface area is 102 Å². The minimum atomic E-state index is -1.03. The van der Waals surface area contributed by atoms with Gasteiger partial charge in [0.2, 0.25) is 5.91 Å². The van der Waals surface area contributed by atoms with Crippen LogP contribution in [0.5, 0.6) is 0 Å². The summed E-state index contributed by atoms with van der Waals surface area (Å²) in [6.07, 6.45) is 1.22. The van der Waals surface area contributed by atoms with E-state index in [1.54, 1.807) is 0 Å². The lowest BCUT2D eigenvalue weighted by atomic mass is 10.1. The van der Waals surface area contributed by atoms with Crippen LogP contribution >= 0.6 is 0 Å². The van der Waals surface area contributed by atoms with Crippen LogP contribution in [-0.2, 0) is 14.3 Å². The van der Waals surface area contributed by atoms with Crippen LogP contribution in [0.15, 0.2) is 6.20 Å². The van der Waals surface area contributed by atoms with E-state index in [1.807, 2.05) is 0 Å². The van der Waals surface area contributed by atoms with Gasteiger partial charge in [-0.05, 0) is 0 Å². The van der Waals surface area contributed by atoms with E-state index in [0.29, 0.717) is 0 Å². The molecule has 1 unspecified atom stereocenters. The molecule has 1 saturated heterocycles. The maximum Gasteiger partial charge on any atom is 0.358 e. The van der Waals surface area contributed by atoms with E-state index in [9.17, 15) is 14.4 Å². The molecule has 1 atom stereocenters. The third-order valence-electron chi connectivity index (χ3n) is 2.77. The lowest BCUT2D eigenvalue weighted by Crippen LogP contribution is -2.27. The predicted octanol–water partition coefficient (Wildman–Crippen LogP) is -0.366. The minimum absolute atomic E-state index is 0.0255. The molecule has 8 heteroatoms. The average molecular weight is 253 g/mol. The number of aliphatic carboxylic acids is 1. The number of nitrogens with zero attached hydrogens (tertiary/aromatic N) is 2. The molecule has 2 heterocycles. The highest BCUT2D eigenvalue weighted by Gasteiger charge is 2.37. The van der Waals surface area contributed by atoms with Crippen LogP contribution in [0.3, 0.4) is 0 Å². The quantitative estimate of drug-likeness (QED) is 0.711. The van der Waals surface area contributed by atoms with Crippen LogP contribution in [-0.4, -0.2) is 46.8 Å². The second-order valence-corrected chi connectivity index (χ2v) is 3.87. The van der Waals surface area contributed by atoms with E-state index in [0.717, 1.165) is 0 Å². The summed E-state index contributed by atoms with van der Waals surface area (Å²) >= 11 is 0. The first-order valence-electron chi connectivity index (χ1n) is 5.19. The van der Waals surface area contributed by atoms with E-state index in [-0.39, 0.29) is 30.3 Å². The predicted molar refractivity (Wildman–Crippen MR) is 58.0 cm³/mol. The summed E-state index contributed by atoms with van der Waals surface area (Å²) in [5.41, 5.74) is 0.285. The summed E-state index contributed by atoms with van der Waals surface area (Å²) in [5, 5.41) is 15.0. The molecule has 96 valence electrons. The van der Waals surface area contributed by atoms with Crippen LogP contribution in [0, 0.1) is 5.92 Å². The molecule has 1 fully saturated rings. The van der Waals surface area contributed by atoms with Crippen molar-refractivity contribution in [3.05, 3.63) is 11.9 Å². The molecule has 0 bridgehead atoms. The number of aromatic amines is 1. The monoisotopic (exact) mass is 253 g/mol. The van der Waals surface area contributed by atoms with Gasteiger partial charge in [0.05, 0.1) is 24.9 Å². The number of nitrogens with one attached hydrogen (secondary N) is 1. The molecule has 0 spiro atoms. The molecule has 8 nitrogen and oxygen atoms in total. The Bertz CT molecular complexity index is 509. The number of carbonyl (C=O) groups excluding carboxylic acids is 2. The number of rotatable bonds is 3. The van der Waals surface area contributed by atoms with Crippen LogP contribution in [0.4, 0.5) is 5.69 Å². The molecule has 18 heavy (non-hydrogen) atoms. The Morgan fingerprint density at radius 1 is 1.61 bits per heavy atom. The smallest absolute Gasteiger partial charge is 0.358 e. The summed E-state index contributed by atoms with van der Waals surface area (Å²) in [7, 11) is 1.21. The zero-order valence-electron chi connectivity index (χ0n) is 9.54. The summed E-state index contributed by atoms with van der Waals surface area (Å²) in [5.74, 6) is -2.81. The zero-order valence-corrected chi connectivity index (χ0v) is 9.54. The highest BCUT2D eigenvalue weighted by atomic mass is 16.5. The van der Waals surface area contributed by atoms with E-state index in [4.69, 9.17) is 5.11 Å². The SMILES string of the molecule is COC(=O)c1[nH]ncc1N1CC(C(=O)O)CC1=O. The maximum absolute atomic E-state index is 11.7. The van der Waals surface area contributed by atoms with Crippen molar-refractivity contribution in [1.82, 2.24) is 10.2 Å². The highest BCUT2D eigenvalue weighted by Crippen LogP contribution is 2.27. The summed E-state index contributed by atoms with van der Waals surface area (Å²) in [4.78, 5) is 35.2. The number of hydrogen-bond donors (Lipinski definition) is 2. The number of anilines is 1. The van der Waals surface area contributed by atoms with Crippen LogP contribution in [0.1, 0.15) is 16.9 Å². The van der Waals surface area contributed by atoms with Crippen LogP contribution in [0.2, 0.25) is 0 Å². The fourth-order valence-electron chi connectivity index (χ4n) is 1.84. The maximum atomic E-state index is 11.7. The van der Waals surface area contributed by atoms with Crippen molar-refractivity contribution in [2.75, 3.05) is 18.6 Å². The third kappa shape index (κ3) is 1.92. The number of carbonyl (C=O) groups is 3. The highest BCUT2D eigenvalue weighted by molar-refractivity contribution is 6.04. The Hall–Kier alpha value is -2.38. The minimum Gasteiger partial charge on any atom is -0.481 e. The molecule has 0 aromatic carbocycles. The van der Waals surface area contributed by atoms with Gasteiger partial charge in [-0.3, -0.25) is 14.7 Å². The van der Waals surface area contributed by atoms with E-state index in [1.165, 1.54) is 18.2 Å². The number of H-pyrrole nitrogens is 1. The Morgan fingerprint density at radius 2 is 2.33 bits per heavy atom. The van der Waals surface area contributed by atoms with Gasteiger partial charge in [0.15, 0.2) is 5.69 Å². The van der Waals surface area contributed by atoms with Gasteiger partial charge in [-0.1, -0.05) is 0 Å². The number of ether oxygens (including phenoxy) is 1. The van der Waals surface area contributed by atoms with Gasteiger partial charge >= 0.3 is 11.9 Å².